The lowest BCUT2D eigenvalue weighted by Gasteiger charge is -2.14. The third-order valence-electron chi connectivity index (χ3n) is 3.45. The van der Waals surface area contributed by atoms with Crippen LogP contribution in [-0.4, -0.2) is 35.1 Å². The van der Waals surface area contributed by atoms with E-state index < -0.39 is 5.97 Å². The van der Waals surface area contributed by atoms with E-state index >= 15 is 0 Å². The van der Waals surface area contributed by atoms with Gasteiger partial charge in [-0.15, -0.1) is 11.3 Å². The third kappa shape index (κ3) is 5.75. The number of carbonyl (C=O) groups excluding carboxylic acids is 1. The molecule has 1 heterocycles. The average Bonchev–Trinajstić information content (AvgIpc) is 3.11. The van der Waals surface area contributed by atoms with E-state index in [1.54, 1.807) is 30.6 Å². The summed E-state index contributed by atoms with van der Waals surface area (Å²) in [6, 6.07) is 4.66. The van der Waals surface area contributed by atoms with Crippen LogP contribution >= 0.6 is 11.3 Å². The predicted octanol–water partition coefficient (Wildman–Crippen LogP) is 2.71. The topological polar surface area (TPSA) is 97.8 Å². The number of carboxylic acids is 1. The first-order valence-corrected chi connectivity index (χ1v) is 8.64. The molecule has 0 radical (unpaired) electrons. The van der Waals surface area contributed by atoms with Gasteiger partial charge in [-0.3, -0.25) is 9.59 Å². The molecular weight excluding hydrogens is 344 g/mol. The standard InChI is InChI=1S/C17H20N2O5S/c1-11(3-6-16(20)21)19-17(22)12-4-5-14(15(7-12)23-2)24-8-13-9-25-10-18-13/h4-5,7,9-11H,3,6,8H2,1-2H3,(H,19,22)(H,20,21). The smallest absolute Gasteiger partial charge is 0.303 e. The van der Waals surface area contributed by atoms with Crippen LogP contribution in [0.25, 0.3) is 0 Å². The highest BCUT2D eigenvalue weighted by Gasteiger charge is 2.14. The van der Waals surface area contributed by atoms with Crippen molar-refractivity contribution in [2.24, 2.45) is 0 Å². The molecule has 0 aliphatic rings. The second-order valence-electron chi connectivity index (χ2n) is 5.44. The molecule has 1 amide bonds. The molecule has 134 valence electrons. The largest absolute Gasteiger partial charge is 0.493 e. The molecule has 2 rings (SSSR count). The molecule has 25 heavy (non-hydrogen) atoms. The number of methoxy groups -OCH3 is 1. The van der Waals surface area contributed by atoms with E-state index in [0.717, 1.165) is 5.69 Å². The maximum atomic E-state index is 12.3. The second kappa shape index (κ2) is 9.03. The summed E-state index contributed by atoms with van der Waals surface area (Å²) < 4.78 is 11.0. The summed E-state index contributed by atoms with van der Waals surface area (Å²) in [4.78, 5) is 27.0. The van der Waals surface area contributed by atoms with Gasteiger partial charge >= 0.3 is 5.97 Å². The number of benzene rings is 1. The van der Waals surface area contributed by atoms with E-state index in [9.17, 15) is 9.59 Å². The lowest BCUT2D eigenvalue weighted by atomic mass is 10.1. The molecule has 0 fully saturated rings. The minimum absolute atomic E-state index is 0.00810. The Morgan fingerprint density at radius 1 is 1.36 bits per heavy atom. The maximum absolute atomic E-state index is 12.3. The highest BCUT2D eigenvalue weighted by Crippen LogP contribution is 2.29. The number of ether oxygens (including phenoxy) is 2. The average molecular weight is 364 g/mol. The molecule has 2 N–H and O–H groups in total. The van der Waals surface area contributed by atoms with Crippen LogP contribution < -0.4 is 14.8 Å². The van der Waals surface area contributed by atoms with Gasteiger partial charge in [0.1, 0.15) is 6.61 Å². The molecule has 0 saturated carbocycles. The predicted molar refractivity (Wildman–Crippen MR) is 93.2 cm³/mol. The molecular formula is C17H20N2O5S. The molecule has 1 atom stereocenters. The first-order valence-electron chi connectivity index (χ1n) is 7.70. The van der Waals surface area contributed by atoms with Gasteiger partial charge in [0.15, 0.2) is 11.5 Å². The number of hydrogen-bond acceptors (Lipinski definition) is 6. The van der Waals surface area contributed by atoms with Gasteiger partial charge in [-0.05, 0) is 31.5 Å². The van der Waals surface area contributed by atoms with Crippen molar-refractivity contribution in [3.63, 3.8) is 0 Å². The van der Waals surface area contributed by atoms with Crippen molar-refractivity contribution in [3.05, 3.63) is 40.3 Å². The summed E-state index contributed by atoms with van der Waals surface area (Å²) in [6.45, 7) is 2.08. The summed E-state index contributed by atoms with van der Waals surface area (Å²) in [6.07, 6.45) is 0.376. The van der Waals surface area contributed by atoms with Crippen molar-refractivity contribution in [2.75, 3.05) is 7.11 Å². The van der Waals surface area contributed by atoms with Crippen molar-refractivity contribution >= 4 is 23.2 Å². The number of carbonyl (C=O) groups is 2. The van der Waals surface area contributed by atoms with Crippen molar-refractivity contribution in [2.45, 2.75) is 32.4 Å². The van der Waals surface area contributed by atoms with Gasteiger partial charge in [-0.2, -0.15) is 0 Å². The lowest BCUT2D eigenvalue weighted by molar-refractivity contribution is -0.137. The zero-order valence-electron chi connectivity index (χ0n) is 14.0. The number of rotatable bonds is 9. The first-order chi connectivity index (χ1) is 12.0. The fraction of sp³-hybridized carbons (Fsp3) is 0.353. The van der Waals surface area contributed by atoms with E-state index in [1.807, 2.05) is 5.38 Å². The molecule has 2 aromatic rings. The molecule has 1 aromatic carbocycles. The third-order valence-corrected chi connectivity index (χ3v) is 4.09. The zero-order chi connectivity index (χ0) is 18.2. The normalized spacial score (nSPS) is 11.6. The summed E-state index contributed by atoms with van der Waals surface area (Å²) in [7, 11) is 1.50. The Kier molecular flexibility index (Phi) is 6.76. The van der Waals surface area contributed by atoms with Crippen LogP contribution in [0, 0.1) is 0 Å². The van der Waals surface area contributed by atoms with E-state index in [0.29, 0.717) is 30.1 Å². The van der Waals surface area contributed by atoms with Gasteiger partial charge in [0.05, 0.1) is 18.3 Å². The van der Waals surface area contributed by atoms with E-state index in [2.05, 4.69) is 10.3 Å². The van der Waals surface area contributed by atoms with Gasteiger partial charge in [-0.25, -0.2) is 4.98 Å². The minimum atomic E-state index is -0.885. The van der Waals surface area contributed by atoms with Gasteiger partial charge < -0.3 is 19.9 Å². The number of carboxylic acid groups (broad SMARTS) is 1. The number of nitrogens with zero attached hydrogens (tertiary/aromatic N) is 1. The van der Waals surface area contributed by atoms with Crippen LogP contribution in [0.3, 0.4) is 0 Å². The number of aromatic nitrogens is 1. The van der Waals surface area contributed by atoms with Crippen molar-refractivity contribution in [1.82, 2.24) is 10.3 Å². The summed E-state index contributed by atoms with van der Waals surface area (Å²) in [5.41, 5.74) is 2.97. The Morgan fingerprint density at radius 2 is 2.16 bits per heavy atom. The van der Waals surface area contributed by atoms with Gasteiger partial charge in [0.2, 0.25) is 0 Å². The summed E-state index contributed by atoms with van der Waals surface area (Å²) in [5.74, 6) is -0.210. The van der Waals surface area contributed by atoms with Crippen molar-refractivity contribution in [1.29, 1.82) is 0 Å². The Balaban J connectivity index is 1.99. The second-order valence-corrected chi connectivity index (χ2v) is 6.16. The quantitative estimate of drug-likeness (QED) is 0.710. The van der Waals surface area contributed by atoms with Crippen LogP contribution in [0.5, 0.6) is 11.5 Å². The van der Waals surface area contributed by atoms with E-state index in [4.69, 9.17) is 14.6 Å². The highest BCUT2D eigenvalue weighted by molar-refractivity contribution is 7.07. The zero-order valence-corrected chi connectivity index (χ0v) is 14.8. The fourth-order valence-corrected chi connectivity index (χ4v) is 2.65. The van der Waals surface area contributed by atoms with Crippen molar-refractivity contribution in [3.8, 4) is 11.5 Å². The minimum Gasteiger partial charge on any atom is -0.493 e. The summed E-state index contributed by atoms with van der Waals surface area (Å²) in [5, 5.41) is 13.3. The Labute approximate surface area is 149 Å². The molecule has 1 unspecified atom stereocenters. The van der Waals surface area contributed by atoms with Crippen LogP contribution in [-0.2, 0) is 11.4 Å². The van der Waals surface area contributed by atoms with Gasteiger partial charge in [0, 0.05) is 23.4 Å². The Bertz CT molecular complexity index is 718. The molecule has 7 nitrogen and oxygen atoms in total. The van der Waals surface area contributed by atoms with Gasteiger partial charge in [-0.1, -0.05) is 0 Å². The molecule has 0 bridgehead atoms. The van der Waals surface area contributed by atoms with Gasteiger partial charge in [0.25, 0.3) is 5.91 Å². The highest BCUT2D eigenvalue weighted by atomic mass is 32.1. The van der Waals surface area contributed by atoms with Crippen molar-refractivity contribution < 1.29 is 24.2 Å². The number of hydrogen-bond donors (Lipinski definition) is 2. The number of aliphatic carboxylic acids is 1. The molecule has 8 heteroatoms. The first kappa shape index (κ1) is 18.7. The molecule has 0 saturated heterocycles. The maximum Gasteiger partial charge on any atom is 0.303 e. The number of nitrogens with one attached hydrogen (secondary N) is 1. The fourth-order valence-electron chi connectivity index (χ4n) is 2.11. The Hall–Kier alpha value is -2.61. The Morgan fingerprint density at radius 3 is 2.80 bits per heavy atom. The van der Waals surface area contributed by atoms with Crippen LogP contribution in [0.15, 0.2) is 29.1 Å². The molecule has 1 aromatic heterocycles. The van der Waals surface area contributed by atoms with Crippen LogP contribution in [0.1, 0.15) is 35.8 Å². The number of thiazole rings is 1. The van der Waals surface area contributed by atoms with E-state index in [-0.39, 0.29) is 18.4 Å². The van der Waals surface area contributed by atoms with E-state index in [1.165, 1.54) is 18.4 Å². The van der Waals surface area contributed by atoms with Crippen LogP contribution in [0.2, 0.25) is 0 Å². The summed E-state index contributed by atoms with van der Waals surface area (Å²) >= 11 is 1.49. The lowest BCUT2D eigenvalue weighted by Crippen LogP contribution is -2.32. The van der Waals surface area contributed by atoms with Crippen LogP contribution in [0.4, 0.5) is 0 Å². The molecule has 0 aliphatic carbocycles. The molecule has 0 spiro atoms. The SMILES string of the molecule is COc1cc(C(=O)NC(C)CCC(=O)O)ccc1OCc1cscn1. The molecule has 0 aliphatic heterocycles. The number of amides is 1. The monoisotopic (exact) mass is 364 g/mol.